The fourth-order valence-corrected chi connectivity index (χ4v) is 4.65. The molecule has 4 aromatic rings. The minimum Gasteiger partial charge on any atom is -0.368 e. The molecule has 0 aliphatic carbocycles. The lowest BCUT2D eigenvalue weighted by atomic mass is 10.1. The van der Waals surface area contributed by atoms with Crippen LogP contribution in [0.15, 0.2) is 89.4 Å². The molecule has 1 N–H and O–H groups in total. The number of carbonyl (C=O) groups excluding carboxylic acids is 1. The average Bonchev–Trinajstić information content (AvgIpc) is 2.97. The summed E-state index contributed by atoms with van der Waals surface area (Å²) in [5.41, 5.74) is 3.26. The van der Waals surface area contributed by atoms with Crippen LogP contribution in [0.3, 0.4) is 0 Å². The fraction of sp³-hybridized carbons (Fsp3) is 0.200. The van der Waals surface area contributed by atoms with Crippen molar-refractivity contribution >= 4 is 29.1 Å². The summed E-state index contributed by atoms with van der Waals surface area (Å²) in [5, 5.41) is 12.6. The first-order valence-electron chi connectivity index (χ1n) is 12.6. The van der Waals surface area contributed by atoms with Gasteiger partial charge < -0.3 is 15.1 Å². The zero-order chi connectivity index (χ0) is 26.5. The van der Waals surface area contributed by atoms with Gasteiger partial charge in [0.2, 0.25) is 0 Å². The van der Waals surface area contributed by atoms with E-state index in [1.54, 1.807) is 12.3 Å². The minimum absolute atomic E-state index is 0.142. The monoisotopic (exact) mass is 504 g/mol. The predicted molar refractivity (Wildman–Crippen MR) is 149 cm³/mol. The van der Waals surface area contributed by atoms with Crippen LogP contribution in [-0.4, -0.2) is 41.5 Å². The molecule has 1 amide bonds. The number of carbonyl (C=O) groups is 1. The molecule has 0 bridgehead atoms. The maximum Gasteiger partial charge on any atom is 0.267 e. The summed E-state index contributed by atoms with van der Waals surface area (Å²) in [7, 11) is 0. The highest BCUT2D eigenvalue weighted by molar-refractivity contribution is 6.02. The Bertz CT molecular complexity index is 1580. The van der Waals surface area contributed by atoms with Crippen LogP contribution < -0.4 is 20.7 Å². The van der Waals surface area contributed by atoms with Gasteiger partial charge in [0.1, 0.15) is 23.1 Å². The van der Waals surface area contributed by atoms with Crippen LogP contribution in [0.2, 0.25) is 0 Å². The van der Waals surface area contributed by atoms with Gasteiger partial charge in [-0.2, -0.15) is 5.26 Å². The summed E-state index contributed by atoms with van der Waals surface area (Å²) in [6.45, 7) is 4.99. The standard InChI is InChI=1S/C30H28N6O2/c1-22-9-8-14-36-27(22)33-28(35-17-15-34(16-18-35)25-12-6-3-7-13-25)26(30(36)38)19-24(20-31)29(37)32-21-23-10-4-2-5-11-23/h2-14,19H,15-18,21H2,1H3,(H,32,37). The lowest BCUT2D eigenvalue weighted by molar-refractivity contribution is -0.117. The van der Waals surface area contributed by atoms with Crippen LogP contribution in [0.25, 0.3) is 11.7 Å². The molecule has 1 aliphatic heterocycles. The average molecular weight is 505 g/mol. The van der Waals surface area contributed by atoms with Gasteiger partial charge in [0, 0.05) is 44.6 Å². The van der Waals surface area contributed by atoms with Crippen LogP contribution in [0.1, 0.15) is 16.7 Å². The number of amides is 1. The highest BCUT2D eigenvalue weighted by atomic mass is 16.1. The molecular weight excluding hydrogens is 476 g/mol. The van der Waals surface area contributed by atoms with E-state index in [2.05, 4.69) is 27.2 Å². The van der Waals surface area contributed by atoms with Gasteiger partial charge in [-0.25, -0.2) is 4.98 Å². The maximum absolute atomic E-state index is 13.7. The number of nitrogens with zero attached hydrogens (tertiary/aromatic N) is 5. The van der Waals surface area contributed by atoms with Crippen molar-refractivity contribution in [1.82, 2.24) is 14.7 Å². The number of pyridine rings is 1. The van der Waals surface area contributed by atoms with Gasteiger partial charge in [0.05, 0.1) is 5.56 Å². The molecule has 1 fully saturated rings. The zero-order valence-corrected chi connectivity index (χ0v) is 21.2. The van der Waals surface area contributed by atoms with Crippen molar-refractivity contribution in [2.75, 3.05) is 36.0 Å². The molecule has 190 valence electrons. The molecule has 0 radical (unpaired) electrons. The van der Waals surface area contributed by atoms with Gasteiger partial charge >= 0.3 is 0 Å². The van der Waals surface area contributed by atoms with Crippen molar-refractivity contribution in [3.8, 4) is 6.07 Å². The Morgan fingerprint density at radius 1 is 0.974 bits per heavy atom. The van der Waals surface area contributed by atoms with E-state index in [1.165, 1.54) is 10.5 Å². The lowest BCUT2D eigenvalue weighted by Crippen LogP contribution is -2.47. The number of rotatable bonds is 6. The van der Waals surface area contributed by atoms with E-state index in [9.17, 15) is 14.9 Å². The van der Waals surface area contributed by atoms with Gasteiger partial charge in [0.15, 0.2) is 0 Å². The van der Waals surface area contributed by atoms with E-state index in [4.69, 9.17) is 4.98 Å². The number of hydrogen-bond donors (Lipinski definition) is 1. The minimum atomic E-state index is -0.537. The van der Waals surface area contributed by atoms with Crippen molar-refractivity contribution in [3.05, 3.63) is 112 Å². The number of hydrogen-bond acceptors (Lipinski definition) is 6. The molecule has 1 aliphatic rings. The first-order chi connectivity index (χ1) is 18.5. The van der Waals surface area contributed by atoms with Crippen LogP contribution in [0.5, 0.6) is 0 Å². The third-order valence-electron chi connectivity index (χ3n) is 6.71. The molecule has 0 spiro atoms. The molecule has 1 saturated heterocycles. The van der Waals surface area contributed by atoms with Crippen LogP contribution >= 0.6 is 0 Å². The van der Waals surface area contributed by atoms with Crippen LogP contribution in [0, 0.1) is 18.3 Å². The normalized spacial score (nSPS) is 13.8. The van der Waals surface area contributed by atoms with Crippen LogP contribution in [-0.2, 0) is 11.3 Å². The summed E-state index contributed by atoms with van der Waals surface area (Å²) in [6.07, 6.45) is 3.04. The van der Waals surface area contributed by atoms with Crippen molar-refractivity contribution in [2.24, 2.45) is 0 Å². The molecule has 5 rings (SSSR count). The molecule has 0 unspecified atom stereocenters. The smallest absolute Gasteiger partial charge is 0.267 e. The van der Waals surface area contributed by atoms with Crippen molar-refractivity contribution in [2.45, 2.75) is 13.5 Å². The van der Waals surface area contributed by atoms with Crippen molar-refractivity contribution in [1.29, 1.82) is 5.26 Å². The summed E-state index contributed by atoms with van der Waals surface area (Å²) >= 11 is 0. The largest absolute Gasteiger partial charge is 0.368 e. The van der Waals surface area contributed by atoms with Gasteiger partial charge in [-0.1, -0.05) is 54.6 Å². The maximum atomic E-state index is 13.7. The third kappa shape index (κ3) is 5.13. The van der Waals surface area contributed by atoms with E-state index in [0.29, 0.717) is 24.6 Å². The summed E-state index contributed by atoms with van der Waals surface area (Å²) in [6, 6.07) is 25.3. The molecule has 0 atom stereocenters. The van der Waals surface area contributed by atoms with Crippen molar-refractivity contribution < 1.29 is 4.79 Å². The highest BCUT2D eigenvalue weighted by Gasteiger charge is 2.24. The second-order valence-electron chi connectivity index (χ2n) is 9.19. The highest BCUT2D eigenvalue weighted by Crippen LogP contribution is 2.24. The number of anilines is 2. The van der Waals surface area contributed by atoms with E-state index in [0.717, 1.165) is 29.9 Å². The van der Waals surface area contributed by atoms with Gasteiger partial charge in [-0.05, 0) is 42.3 Å². The summed E-state index contributed by atoms with van der Waals surface area (Å²) in [5.74, 6) is -0.0504. The Kier molecular flexibility index (Phi) is 7.18. The number of piperazine rings is 1. The van der Waals surface area contributed by atoms with Gasteiger partial charge in [-0.15, -0.1) is 0 Å². The first kappa shape index (κ1) is 24.8. The Hall–Kier alpha value is -4.90. The number of fused-ring (bicyclic) bond motifs is 1. The molecule has 38 heavy (non-hydrogen) atoms. The van der Waals surface area contributed by atoms with E-state index >= 15 is 0 Å². The number of benzene rings is 2. The molecule has 0 saturated carbocycles. The topological polar surface area (TPSA) is 93.7 Å². The third-order valence-corrected chi connectivity index (χ3v) is 6.71. The molecule has 2 aromatic heterocycles. The number of para-hydroxylation sites is 1. The Morgan fingerprint density at radius 2 is 1.63 bits per heavy atom. The van der Waals surface area contributed by atoms with E-state index in [-0.39, 0.29) is 23.2 Å². The van der Waals surface area contributed by atoms with Gasteiger partial charge in [0.25, 0.3) is 11.5 Å². The first-order valence-corrected chi connectivity index (χ1v) is 12.6. The van der Waals surface area contributed by atoms with Gasteiger partial charge in [-0.3, -0.25) is 14.0 Å². The Balaban J connectivity index is 1.49. The molecule has 3 heterocycles. The second kappa shape index (κ2) is 11.0. The number of nitrogens with one attached hydrogen (secondary N) is 1. The van der Waals surface area contributed by atoms with E-state index in [1.807, 2.05) is 67.6 Å². The predicted octanol–water partition coefficient (Wildman–Crippen LogP) is 3.55. The Labute approximate surface area is 221 Å². The number of nitriles is 1. The number of aryl methyl sites for hydroxylation is 1. The quantitative estimate of drug-likeness (QED) is 0.319. The SMILES string of the molecule is Cc1cccn2c(=O)c(C=C(C#N)C(=O)NCc3ccccc3)c(N3CCN(c4ccccc4)CC3)nc12. The molecule has 8 heteroatoms. The van der Waals surface area contributed by atoms with E-state index < -0.39 is 5.91 Å². The summed E-state index contributed by atoms with van der Waals surface area (Å²) in [4.78, 5) is 35.8. The fourth-order valence-electron chi connectivity index (χ4n) is 4.65. The molecule has 2 aromatic carbocycles. The Morgan fingerprint density at radius 3 is 2.32 bits per heavy atom. The zero-order valence-electron chi connectivity index (χ0n) is 21.2. The summed E-state index contributed by atoms with van der Waals surface area (Å²) < 4.78 is 1.47. The molecule has 8 nitrogen and oxygen atoms in total. The second-order valence-corrected chi connectivity index (χ2v) is 9.19. The molecular formula is C30H28N6O2. The van der Waals surface area contributed by atoms with Crippen molar-refractivity contribution in [3.63, 3.8) is 0 Å². The lowest BCUT2D eigenvalue weighted by Gasteiger charge is -2.37. The number of aromatic nitrogens is 2. The van der Waals surface area contributed by atoms with Crippen LogP contribution in [0.4, 0.5) is 11.5 Å².